The predicted molar refractivity (Wildman–Crippen MR) is 101 cm³/mol. The molecule has 0 radical (unpaired) electrons. The molecular weight excluding hydrogens is 441 g/mol. The van der Waals surface area contributed by atoms with Crippen molar-refractivity contribution >= 4 is 27.9 Å². The molecule has 3 rings (SSSR count). The summed E-state index contributed by atoms with van der Waals surface area (Å²) in [6.45, 7) is 0.271. The number of hydrogen-bond acceptors (Lipinski definition) is 5. The zero-order chi connectivity index (χ0) is 23.0. The molecule has 1 spiro atoms. The summed E-state index contributed by atoms with van der Waals surface area (Å²) in [5.41, 5.74) is 0.814. The molecular formula is C18H21F3N4O5S. The maximum Gasteiger partial charge on any atom is 0.402 e. The lowest BCUT2D eigenvalue weighted by Gasteiger charge is -2.33. The number of nitrogens with zero attached hydrogens (tertiary/aromatic N) is 1. The molecule has 0 aromatic heterocycles. The van der Waals surface area contributed by atoms with Gasteiger partial charge in [0.15, 0.2) is 0 Å². The summed E-state index contributed by atoms with van der Waals surface area (Å²) in [5.74, 6) is -1.15. The van der Waals surface area contributed by atoms with Crippen LogP contribution < -0.4 is 15.5 Å². The molecule has 13 heteroatoms. The Morgan fingerprint density at radius 2 is 1.90 bits per heavy atom. The molecule has 1 aliphatic carbocycles. The second-order valence-electron chi connectivity index (χ2n) is 7.74. The highest BCUT2D eigenvalue weighted by Crippen LogP contribution is 2.35. The fraction of sp³-hybridized carbons (Fsp3) is 0.500. The Labute approximate surface area is 176 Å². The molecule has 0 unspecified atom stereocenters. The number of carbonyl (C=O) groups excluding carboxylic acids is 3. The molecule has 1 saturated heterocycles. The van der Waals surface area contributed by atoms with Gasteiger partial charge in [-0.1, -0.05) is 13.0 Å². The second-order valence-corrected chi connectivity index (χ2v) is 9.51. The first-order valence-electron chi connectivity index (χ1n) is 9.47. The van der Waals surface area contributed by atoms with Crippen molar-refractivity contribution in [2.75, 3.05) is 6.54 Å². The van der Waals surface area contributed by atoms with Gasteiger partial charge in [-0.05, 0) is 49.8 Å². The largest absolute Gasteiger partial charge is 0.402 e. The fourth-order valence-corrected chi connectivity index (χ4v) is 4.61. The maximum atomic E-state index is 12.8. The van der Waals surface area contributed by atoms with Gasteiger partial charge in [-0.25, -0.2) is 17.9 Å². The molecule has 170 valence electrons. The van der Waals surface area contributed by atoms with Crippen LogP contribution in [-0.4, -0.2) is 49.5 Å². The first-order valence-corrected chi connectivity index (χ1v) is 11.0. The summed E-state index contributed by atoms with van der Waals surface area (Å²) in [7, 11) is -4.54. The fourth-order valence-electron chi connectivity index (χ4n) is 3.55. The van der Waals surface area contributed by atoms with Gasteiger partial charge in [0.1, 0.15) is 12.1 Å². The van der Waals surface area contributed by atoms with E-state index in [4.69, 9.17) is 0 Å². The van der Waals surface area contributed by atoms with Gasteiger partial charge in [0.05, 0.1) is 4.90 Å². The van der Waals surface area contributed by atoms with Gasteiger partial charge in [-0.3, -0.25) is 15.0 Å². The molecule has 3 N–H and O–H groups in total. The Bertz CT molecular complexity index is 1000. The Morgan fingerprint density at radius 3 is 2.52 bits per heavy atom. The van der Waals surface area contributed by atoms with Crippen LogP contribution in [0.2, 0.25) is 0 Å². The van der Waals surface area contributed by atoms with Crippen LogP contribution in [0.25, 0.3) is 0 Å². The van der Waals surface area contributed by atoms with Crippen LogP contribution in [0, 0.1) is 5.92 Å². The number of urea groups is 1. The van der Waals surface area contributed by atoms with Crippen molar-refractivity contribution in [1.82, 2.24) is 20.5 Å². The quantitative estimate of drug-likeness (QED) is 0.575. The molecule has 2 fully saturated rings. The molecule has 1 saturated carbocycles. The number of imide groups is 1. The van der Waals surface area contributed by atoms with E-state index < -0.39 is 51.0 Å². The predicted octanol–water partition coefficient (Wildman–Crippen LogP) is 1.67. The summed E-state index contributed by atoms with van der Waals surface area (Å²) in [4.78, 5) is 37.0. The standard InChI is InChI=1S/C18H21F3N4O5S/c1-11-5-7-17(8-6-11)15(27)25(16(28)23-17)24-14(26)12-3-2-4-13(9-12)31(29,30)22-10-18(19,20)21/h2-4,9,11,22H,5-8,10H2,1H3,(H,23,28)(H,24,26). The minimum absolute atomic E-state index is 0.256. The van der Waals surface area contributed by atoms with Gasteiger partial charge in [0.25, 0.3) is 11.8 Å². The van der Waals surface area contributed by atoms with E-state index in [2.05, 4.69) is 10.7 Å². The number of hydrazine groups is 1. The lowest BCUT2D eigenvalue weighted by Crippen LogP contribution is -2.51. The highest BCUT2D eigenvalue weighted by atomic mass is 32.2. The third kappa shape index (κ3) is 4.98. The number of carbonyl (C=O) groups is 3. The topological polar surface area (TPSA) is 125 Å². The van der Waals surface area contributed by atoms with Crippen molar-refractivity contribution in [3.8, 4) is 0 Å². The van der Waals surface area contributed by atoms with Crippen molar-refractivity contribution in [2.24, 2.45) is 5.92 Å². The summed E-state index contributed by atoms with van der Waals surface area (Å²) in [5, 5.41) is 3.18. The molecule has 9 nitrogen and oxygen atoms in total. The molecule has 2 aliphatic rings. The molecule has 0 atom stereocenters. The SMILES string of the molecule is CC1CCC2(CC1)NC(=O)N(NC(=O)c1cccc(S(=O)(=O)NCC(F)(F)F)c1)C2=O. The Balaban J connectivity index is 1.73. The van der Waals surface area contributed by atoms with Gasteiger partial charge < -0.3 is 5.32 Å². The van der Waals surface area contributed by atoms with Crippen molar-refractivity contribution in [2.45, 2.75) is 49.2 Å². The Kier molecular flexibility index (Phi) is 6.02. The van der Waals surface area contributed by atoms with Crippen molar-refractivity contribution in [3.63, 3.8) is 0 Å². The van der Waals surface area contributed by atoms with Crippen LogP contribution in [0.4, 0.5) is 18.0 Å². The minimum atomic E-state index is -4.75. The monoisotopic (exact) mass is 462 g/mol. The van der Waals surface area contributed by atoms with Crippen LogP contribution >= 0.6 is 0 Å². The van der Waals surface area contributed by atoms with Crippen molar-refractivity contribution in [3.05, 3.63) is 29.8 Å². The summed E-state index contributed by atoms with van der Waals surface area (Å²) >= 11 is 0. The van der Waals surface area contributed by atoms with Gasteiger partial charge in [-0.2, -0.15) is 18.2 Å². The highest BCUT2D eigenvalue weighted by Gasteiger charge is 2.53. The average molecular weight is 462 g/mol. The van der Waals surface area contributed by atoms with E-state index in [1.54, 1.807) is 0 Å². The number of alkyl halides is 3. The van der Waals surface area contributed by atoms with Gasteiger partial charge in [0, 0.05) is 5.56 Å². The number of nitrogens with one attached hydrogen (secondary N) is 3. The average Bonchev–Trinajstić information content (AvgIpc) is 2.93. The zero-order valence-electron chi connectivity index (χ0n) is 16.5. The first-order chi connectivity index (χ1) is 14.3. The summed E-state index contributed by atoms with van der Waals surface area (Å²) in [6, 6.07) is 3.43. The van der Waals surface area contributed by atoms with E-state index in [9.17, 15) is 36.0 Å². The number of benzene rings is 1. The van der Waals surface area contributed by atoms with Gasteiger partial charge in [0.2, 0.25) is 10.0 Å². The molecule has 1 aromatic carbocycles. The Hall–Kier alpha value is -2.67. The number of amides is 4. The molecule has 1 aromatic rings. The lowest BCUT2D eigenvalue weighted by molar-refractivity contribution is -0.134. The van der Waals surface area contributed by atoms with Gasteiger partial charge in [-0.15, -0.1) is 0 Å². The number of hydrogen-bond donors (Lipinski definition) is 3. The number of halogens is 3. The van der Waals surface area contributed by atoms with Crippen molar-refractivity contribution in [1.29, 1.82) is 0 Å². The molecule has 1 heterocycles. The number of sulfonamides is 1. The van der Waals surface area contributed by atoms with E-state index in [0.717, 1.165) is 31.0 Å². The molecule has 1 aliphatic heterocycles. The third-order valence-electron chi connectivity index (χ3n) is 5.37. The van der Waals surface area contributed by atoms with Crippen LogP contribution in [-0.2, 0) is 14.8 Å². The van der Waals surface area contributed by atoms with E-state index in [1.165, 1.54) is 10.8 Å². The van der Waals surface area contributed by atoms with Crippen LogP contribution in [0.3, 0.4) is 0 Å². The maximum absolute atomic E-state index is 12.8. The smallest absolute Gasteiger partial charge is 0.322 e. The molecule has 0 bridgehead atoms. The Morgan fingerprint density at radius 1 is 1.26 bits per heavy atom. The third-order valence-corrected chi connectivity index (χ3v) is 6.77. The molecule has 31 heavy (non-hydrogen) atoms. The van der Waals surface area contributed by atoms with E-state index in [1.807, 2.05) is 6.92 Å². The minimum Gasteiger partial charge on any atom is -0.322 e. The van der Waals surface area contributed by atoms with Crippen molar-refractivity contribution < 1.29 is 36.0 Å². The number of rotatable bonds is 5. The molecule has 4 amide bonds. The van der Waals surface area contributed by atoms with E-state index in [-0.39, 0.29) is 5.56 Å². The second kappa shape index (κ2) is 8.11. The van der Waals surface area contributed by atoms with Crippen LogP contribution in [0.1, 0.15) is 43.0 Å². The lowest BCUT2D eigenvalue weighted by atomic mass is 9.77. The van der Waals surface area contributed by atoms with E-state index >= 15 is 0 Å². The van der Waals surface area contributed by atoms with Gasteiger partial charge >= 0.3 is 12.2 Å². The van der Waals surface area contributed by atoms with Crippen LogP contribution in [0.15, 0.2) is 29.2 Å². The van der Waals surface area contributed by atoms with Crippen LogP contribution in [0.5, 0.6) is 0 Å². The summed E-state index contributed by atoms with van der Waals surface area (Å²) < 4.78 is 62.5. The zero-order valence-corrected chi connectivity index (χ0v) is 17.3. The van der Waals surface area contributed by atoms with E-state index in [0.29, 0.717) is 23.8 Å². The normalized spacial score (nSPS) is 24.4. The summed E-state index contributed by atoms with van der Waals surface area (Å²) in [6.07, 6.45) is -2.41. The first kappa shape index (κ1) is 23.0. The highest BCUT2D eigenvalue weighted by molar-refractivity contribution is 7.89.